The molecule has 17 nitrogen and oxygen atoms in total. The molecule has 0 radical (unpaired) electrons. The van der Waals surface area contributed by atoms with Crippen molar-refractivity contribution in [1.82, 2.24) is 0 Å². The first-order valence-corrected chi connectivity index (χ1v) is 13.6. The lowest BCUT2D eigenvalue weighted by Crippen LogP contribution is -2.60. The van der Waals surface area contributed by atoms with E-state index in [0.29, 0.717) is 0 Å². The maximum atomic E-state index is 13.1. The SMILES string of the molecule is CC(=O)OC[C@@H]1O[C@@H](OC2=Cc3c(O)cc(O)cc3[OH+]C2c2cc(O)c(O)c(O)c2)[C@@H](OC(=O)c2cc(O)c(O)c(O)c2)[C@@H](O)[C@H]1O. The molecule has 17 heteroatoms. The lowest BCUT2D eigenvalue weighted by atomic mass is 9.98. The first-order chi connectivity index (χ1) is 22.1. The molecule has 250 valence electrons. The number of esters is 2. The third-order valence-corrected chi connectivity index (χ3v) is 7.25. The summed E-state index contributed by atoms with van der Waals surface area (Å²) in [7, 11) is 0. The summed E-state index contributed by atoms with van der Waals surface area (Å²) in [5, 5.41) is 102. The number of carbonyl (C=O) groups excluding carboxylic acids is 2. The molecule has 0 amide bonds. The highest BCUT2D eigenvalue weighted by atomic mass is 16.7. The molecule has 1 saturated heterocycles. The van der Waals surface area contributed by atoms with Crippen molar-refractivity contribution < 1.29 is 84.3 Å². The van der Waals surface area contributed by atoms with Crippen molar-refractivity contribution in [3.05, 3.63) is 58.8 Å². The van der Waals surface area contributed by atoms with Crippen molar-refractivity contribution >= 4 is 18.0 Å². The van der Waals surface area contributed by atoms with E-state index in [4.69, 9.17) is 18.9 Å². The molecule has 47 heavy (non-hydrogen) atoms. The number of aliphatic hydroxyl groups is 3. The fourth-order valence-corrected chi connectivity index (χ4v) is 4.92. The van der Waals surface area contributed by atoms with Crippen molar-refractivity contribution in [1.29, 1.82) is 0 Å². The zero-order chi connectivity index (χ0) is 34.3. The minimum Gasteiger partial charge on any atom is -0.571 e. The van der Waals surface area contributed by atoms with Crippen molar-refractivity contribution in [3.8, 4) is 51.7 Å². The fourth-order valence-electron chi connectivity index (χ4n) is 4.92. The van der Waals surface area contributed by atoms with Gasteiger partial charge in [-0.25, -0.2) is 4.79 Å². The quantitative estimate of drug-likeness (QED) is 0.0957. The molecule has 2 aliphatic heterocycles. The van der Waals surface area contributed by atoms with Gasteiger partial charge in [0.2, 0.25) is 6.29 Å². The molecule has 0 bridgehead atoms. The maximum absolute atomic E-state index is 13.1. The highest BCUT2D eigenvalue weighted by molar-refractivity contribution is 5.91. The van der Waals surface area contributed by atoms with Crippen LogP contribution in [-0.2, 0) is 23.7 Å². The first kappa shape index (κ1) is 32.6. The zero-order valence-corrected chi connectivity index (χ0v) is 24.1. The lowest BCUT2D eigenvalue weighted by Gasteiger charge is -2.42. The number of aliphatic hydroxyl groups excluding tert-OH is 2. The Labute approximate surface area is 263 Å². The Morgan fingerprint density at radius 1 is 0.809 bits per heavy atom. The summed E-state index contributed by atoms with van der Waals surface area (Å²) in [6.07, 6.45) is -9.16. The summed E-state index contributed by atoms with van der Waals surface area (Å²) < 4.78 is 26.5. The molecule has 3 aromatic carbocycles. The van der Waals surface area contributed by atoms with E-state index in [9.17, 15) is 60.7 Å². The molecule has 11 N–H and O–H groups in total. The van der Waals surface area contributed by atoms with E-state index < -0.39 is 101 Å². The third kappa shape index (κ3) is 6.48. The lowest BCUT2D eigenvalue weighted by molar-refractivity contribution is -0.295. The number of fused-ring (bicyclic) bond motifs is 1. The summed E-state index contributed by atoms with van der Waals surface area (Å²) in [5.74, 6) is -8.13. The number of hydrogen-bond donors (Lipinski definition) is 10. The highest BCUT2D eigenvalue weighted by Crippen LogP contribution is 2.48. The number of hydrogen-bond acceptors (Lipinski definition) is 16. The minimum atomic E-state index is -1.99. The van der Waals surface area contributed by atoms with Crippen LogP contribution in [0.5, 0.6) is 51.7 Å². The standard InChI is InChI=1S/C30H28O17/c1-10(31)43-9-22-25(40)26(41)28(47-29(42)12-4-18(36)24(39)19(37)5-12)30(46-22)45-21-8-14-15(33)6-13(32)7-20(14)44-27(21)11-2-16(34)23(38)17(35)3-11/h2-8,22,25-28,30,32-41H,9H2,1H3/p+1/t22-,25-,26-,27?,28-,30+/m0/s1. The molecule has 1 fully saturated rings. The Morgan fingerprint density at radius 3 is 2.00 bits per heavy atom. The normalized spacial score (nSPS) is 23.5. The van der Waals surface area contributed by atoms with Crippen LogP contribution >= 0.6 is 0 Å². The molecule has 2 aliphatic rings. The Kier molecular flexibility index (Phi) is 8.70. The van der Waals surface area contributed by atoms with Crippen molar-refractivity contribution in [2.24, 2.45) is 0 Å². The largest absolute Gasteiger partial charge is 0.571 e. The molecule has 0 spiro atoms. The van der Waals surface area contributed by atoms with Crippen LogP contribution in [0.15, 0.2) is 42.2 Å². The second-order valence-corrected chi connectivity index (χ2v) is 10.6. The van der Waals surface area contributed by atoms with Crippen molar-refractivity contribution in [2.75, 3.05) is 6.61 Å². The first-order valence-electron chi connectivity index (χ1n) is 13.6. The molecular formula is C30H29O17+. The number of aromatic hydroxyl groups is 9. The van der Waals surface area contributed by atoms with E-state index in [0.717, 1.165) is 37.3 Å². The average Bonchev–Trinajstić information content (AvgIpc) is 3.00. The highest BCUT2D eigenvalue weighted by Gasteiger charge is 2.50. The summed E-state index contributed by atoms with van der Waals surface area (Å²) in [4.78, 5) is 24.5. The Balaban J connectivity index is 1.56. The zero-order valence-electron chi connectivity index (χ0n) is 24.1. The van der Waals surface area contributed by atoms with Crippen LogP contribution in [0, 0.1) is 0 Å². The maximum Gasteiger partial charge on any atom is 0.339 e. The molecule has 5 rings (SSSR count). The molecule has 0 aliphatic carbocycles. The van der Waals surface area contributed by atoms with Crippen LogP contribution in [0.2, 0.25) is 0 Å². The fraction of sp³-hybridized carbons (Fsp3) is 0.267. The number of ether oxygens (including phenoxy) is 5. The number of carbonyl (C=O) groups is 2. The molecule has 0 aromatic heterocycles. The van der Waals surface area contributed by atoms with E-state index in [1.54, 1.807) is 0 Å². The summed E-state index contributed by atoms with van der Waals surface area (Å²) >= 11 is 0. The van der Waals surface area contributed by atoms with Crippen LogP contribution < -0.4 is 0 Å². The van der Waals surface area contributed by atoms with Gasteiger partial charge in [0.1, 0.15) is 42.0 Å². The van der Waals surface area contributed by atoms with Gasteiger partial charge in [-0.1, -0.05) is 0 Å². The van der Waals surface area contributed by atoms with E-state index in [2.05, 4.69) is 4.74 Å². The van der Waals surface area contributed by atoms with Gasteiger partial charge in [-0.05, 0) is 24.3 Å². The predicted molar refractivity (Wildman–Crippen MR) is 153 cm³/mol. The monoisotopic (exact) mass is 661 g/mol. The van der Waals surface area contributed by atoms with Crippen LogP contribution in [0.25, 0.3) is 6.08 Å². The van der Waals surface area contributed by atoms with Gasteiger partial charge in [0.25, 0.3) is 11.9 Å². The van der Waals surface area contributed by atoms with Crippen molar-refractivity contribution in [3.63, 3.8) is 0 Å². The van der Waals surface area contributed by atoms with Crippen LogP contribution in [0.4, 0.5) is 0 Å². The van der Waals surface area contributed by atoms with E-state index in [-0.39, 0.29) is 28.4 Å². The Hall–Kier alpha value is -5.78. The summed E-state index contributed by atoms with van der Waals surface area (Å²) in [6.45, 7) is 0.485. The van der Waals surface area contributed by atoms with Gasteiger partial charge in [0, 0.05) is 19.1 Å². The number of phenolic OH excluding ortho intramolecular Hbond substituents is 8. The van der Waals surface area contributed by atoms with Gasteiger partial charge >= 0.3 is 11.9 Å². The second kappa shape index (κ2) is 12.5. The van der Waals surface area contributed by atoms with E-state index in [1.165, 1.54) is 12.1 Å². The molecule has 2 heterocycles. The van der Waals surface area contributed by atoms with Gasteiger partial charge in [-0.15, -0.1) is 0 Å². The summed E-state index contributed by atoms with van der Waals surface area (Å²) in [6, 6.07) is 5.75. The van der Waals surface area contributed by atoms with Gasteiger partial charge in [0.15, 0.2) is 46.4 Å². The van der Waals surface area contributed by atoms with Gasteiger partial charge in [0.05, 0.1) is 17.2 Å². The van der Waals surface area contributed by atoms with Gasteiger partial charge < -0.3 is 74.7 Å². The second-order valence-electron chi connectivity index (χ2n) is 10.6. The minimum absolute atomic E-state index is 0.00558. The molecular weight excluding hydrogens is 632 g/mol. The van der Waals surface area contributed by atoms with Gasteiger partial charge in [-0.3, -0.25) is 4.79 Å². The van der Waals surface area contributed by atoms with Crippen molar-refractivity contribution in [2.45, 2.75) is 43.7 Å². The topological polar surface area (TPSA) is 286 Å². The number of phenols is 8. The summed E-state index contributed by atoms with van der Waals surface area (Å²) in [5.41, 5.74) is -0.495. The van der Waals surface area contributed by atoms with Crippen LogP contribution in [0.3, 0.4) is 0 Å². The Bertz CT molecular complexity index is 1700. The third-order valence-electron chi connectivity index (χ3n) is 7.25. The predicted octanol–water partition coefficient (Wildman–Crippen LogP) is 0.921. The van der Waals surface area contributed by atoms with Crippen LogP contribution in [0.1, 0.15) is 34.5 Å². The smallest absolute Gasteiger partial charge is 0.339 e. The Morgan fingerprint density at radius 2 is 1.40 bits per heavy atom. The molecule has 6 atom stereocenters. The molecule has 1 unspecified atom stereocenters. The van der Waals surface area contributed by atoms with E-state index in [1.807, 2.05) is 0 Å². The van der Waals surface area contributed by atoms with Crippen LogP contribution in [-0.4, -0.2) is 105 Å². The number of rotatable bonds is 7. The molecule has 0 saturated carbocycles. The van der Waals surface area contributed by atoms with Gasteiger partial charge in [-0.2, -0.15) is 0 Å². The van der Waals surface area contributed by atoms with E-state index >= 15 is 0 Å². The average molecular weight is 662 g/mol. The number of benzene rings is 3. The molecule has 3 aromatic rings.